The van der Waals surface area contributed by atoms with E-state index in [1.807, 2.05) is 7.05 Å². The standard InChI is InChI=1S/C26H41N5O/c1-27-26(29-24-14-17-31(20-24)25(32)23-10-6-3-7-11-23)28-18-22-13-16-30(19-22)15-12-21-8-4-2-5-9-21/h2,4-5,8-9,22-24H,3,6-7,10-20H2,1H3,(H2,27,28,29). The zero-order chi connectivity index (χ0) is 22.2. The van der Waals surface area contributed by atoms with Gasteiger partial charge in [-0.1, -0.05) is 49.6 Å². The molecule has 1 amide bonds. The van der Waals surface area contributed by atoms with Crippen molar-refractivity contribution in [1.82, 2.24) is 20.4 Å². The summed E-state index contributed by atoms with van der Waals surface area (Å²) in [4.78, 5) is 21.9. The average Bonchev–Trinajstić information content (AvgIpc) is 3.51. The number of hydrogen-bond acceptors (Lipinski definition) is 3. The highest BCUT2D eigenvalue weighted by molar-refractivity contribution is 5.81. The second-order valence-corrected chi connectivity index (χ2v) is 9.89. The largest absolute Gasteiger partial charge is 0.356 e. The molecule has 2 unspecified atom stereocenters. The van der Waals surface area contributed by atoms with E-state index in [0.29, 0.717) is 17.9 Å². The number of guanidine groups is 1. The summed E-state index contributed by atoms with van der Waals surface area (Å²) in [6.07, 6.45) is 9.27. The van der Waals surface area contributed by atoms with Gasteiger partial charge in [0.2, 0.25) is 5.91 Å². The van der Waals surface area contributed by atoms with Crippen molar-refractivity contribution >= 4 is 11.9 Å². The molecule has 0 radical (unpaired) electrons. The number of amides is 1. The normalized spacial score (nSPS) is 25.3. The molecule has 2 atom stereocenters. The number of carbonyl (C=O) groups excluding carboxylic acids is 1. The first-order chi connectivity index (χ1) is 15.7. The van der Waals surface area contributed by atoms with Crippen LogP contribution in [0.2, 0.25) is 0 Å². The van der Waals surface area contributed by atoms with Crippen LogP contribution in [-0.4, -0.2) is 74.0 Å². The van der Waals surface area contributed by atoms with Gasteiger partial charge in [0.25, 0.3) is 0 Å². The van der Waals surface area contributed by atoms with E-state index >= 15 is 0 Å². The summed E-state index contributed by atoms with van der Waals surface area (Å²) >= 11 is 0. The molecular formula is C26H41N5O. The first-order valence-electron chi connectivity index (χ1n) is 12.7. The molecule has 1 aromatic carbocycles. The van der Waals surface area contributed by atoms with Crippen LogP contribution in [-0.2, 0) is 11.2 Å². The van der Waals surface area contributed by atoms with Gasteiger partial charge in [-0.2, -0.15) is 0 Å². The summed E-state index contributed by atoms with van der Waals surface area (Å²) in [5.41, 5.74) is 1.42. The number of nitrogens with zero attached hydrogens (tertiary/aromatic N) is 3. The predicted octanol–water partition coefficient (Wildman–Crippen LogP) is 2.90. The van der Waals surface area contributed by atoms with Gasteiger partial charge in [-0.3, -0.25) is 9.79 Å². The number of nitrogens with one attached hydrogen (secondary N) is 2. The Morgan fingerprint density at radius 1 is 1.03 bits per heavy atom. The highest BCUT2D eigenvalue weighted by Gasteiger charge is 2.32. The fourth-order valence-corrected chi connectivity index (χ4v) is 5.53. The molecule has 1 aromatic rings. The lowest BCUT2D eigenvalue weighted by molar-refractivity contribution is -0.135. The Labute approximate surface area is 193 Å². The summed E-state index contributed by atoms with van der Waals surface area (Å²) in [6.45, 7) is 6.13. The molecule has 6 nitrogen and oxygen atoms in total. The third kappa shape index (κ3) is 6.47. The van der Waals surface area contributed by atoms with Gasteiger partial charge < -0.3 is 20.4 Å². The van der Waals surface area contributed by atoms with Gasteiger partial charge in [-0.25, -0.2) is 0 Å². The van der Waals surface area contributed by atoms with Crippen molar-refractivity contribution in [2.24, 2.45) is 16.8 Å². The molecule has 0 bridgehead atoms. The molecule has 3 fully saturated rings. The maximum atomic E-state index is 12.8. The zero-order valence-corrected chi connectivity index (χ0v) is 19.8. The van der Waals surface area contributed by atoms with Crippen LogP contribution in [0.3, 0.4) is 0 Å². The minimum Gasteiger partial charge on any atom is -0.356 e. The summed E-state index contributed by atoms with van der Waals surface area (Å²) in [6, 6.07) is 11.1. The predicted molar refractivity (Wildman–Crippen MR) is 131 cm³/mol. The molecule has 4 rings (SSSR count). The number of benzene rings is 1. The molecule has 1 saturated carbocycles. The monoisotopic (exact) mass is 439 g/mol. The third-order valence-corrected chi connectivity index (χ3v) is 7.51. The lowest BCUT2D eigenvalue weighted by Gasteiger charge is -2.26. The van der Waals surface area contributed by atoms with Crippen LogP contribution in [0.5, 0.6) is 0 Å². The smallest absolute Gasteiger partial charge is 0.225 e. The maximum absolute atomic E-state index is 12.8. The third-order valence-electron chi connectivity index (χ3n) is 7.51. The molecule has 2 heterocycles. The Hall–Kier alpha value is -2.08. The van der Waals surface area contributed by atoms with Gasteiger partial charge in [0.15, 0.2) is 5.96 Å². The lowest BCUT2D eigenvalue weighted by atomic mass is 9.88. The first-order valence-corrected chi connectivity index (χ1v) is 12.7. The highest BCUT2D eigenvalue weighted by Crippen LogP contribution is 2.26. The van der Waals surface area contributed by atoms with Crippen molar-refractivity contribution in [1.29, 1.82) is 0 Å². The van der Waals surface area contributed by atoms with Gasteiger partial charge in [0.1, 0.15) is 0 Å². The molecule has 6 heteroatoms. The van der Waals surface area contributed by atoms with E-state index in [1.165, 1.54) is 37.8 Å². The second-order valence-electron chi connectivity index (χ2n) is 9.89. The fraction of sp³-hybridized carbons (Fsp3) is 0.692. The number of aliphatic imine (C=N–C) groups is 1. The van der Waals surface area contributed by atoms with Crippen molar-refractivity contribution in [2.45, 2.75) is 57.4 Å². The van der Waals surface area contributed by atoms with Crippen molar-refractivity contribution in [3.05, 3.63) is 35.9 Å². The summed E-state index contributed by atoms with van der Waals surface area (Å²) in [5.74, 6) is 2.20. The SMILES string of the molecule is CN=C(NCC1CCN(CCc2ccccc2)C1)NC1CCN(C(=O)C2CCCCC2)C1. The van der Waals surface area contributed by atoms with Gasteiger partial charge in [-0.05, 0) is 50.1 Å². The van der Waals surface area contributed by atoms with Crippen molar-refractivity contribution in [3.63, 3.8) is 0 Å². The molecule has 2 N–H and O–H groups in total. The van der Waals surface area contributed by atoms with Crippen LogP contribution in [0.1, 0.15) is 50.5 Å². The molecule has 2 saturated heterocycles. The molecule has 176 valence electrons. The van der Waals surface area contributed by atoms with Crippen LogP contribution in [0.25, 0.3) is 0 Å². The fourth-order valence-electron chi connectivity index (χ4n) is 5.53. The Kier molecular flexibility index (Phi) is 8.43. The van der Waals surface area contributed by atoms with Crippen molar-refractivity contribution < 1.29 is 4.79 Å². The Balaban J connectivity index is 1.14. The zero-order valence-electron chi connectivity index (χ0n) is 19.8. The quantitative estimate of drug-likeness (QED) is 0.507. The van der Waals surface area contributed by atoms with Gasteiger partial charge in [0, 0.05) is 51.7 Å². The van der Waals surface area contributed by atoms with E-state index in [9.17, 15) is 4.79 Å². The van der Waals surface area contributed by atoms with Gasteiger partial charge >= 0.3 is 0 Å². The average molecular weight is 440 g/mol. The van der Waals surface area contributed by atoms with Crippen LogP contribution >= 0.6 is 0 Å². The second kappa shape index (κ2) is 11.7. The molecule has 3 aliphatic rings. The number of likely N-dealkylation sites (tertiary alicyclic amines) is 2. The Bertz CT molecular complexity index is 746. The van der Waals surface area contributed by atoms with E-state index in [1.54, 1.807) is 0 Å². The van der Waals surface area contributed by atoms with E-state index in [2.05, 4.69) is 55.8 Å². The van der Waals surface area contributed by atoms with Crippen LogP contribution in [0.4, 0.5) is 0 Å². The molecule has 1 aliphatic carbocycles. The minimum absolute atomic E-state index is 0.271. The summed E-state index contributed by atoms with van der Waals surface area (Å²) in [5, 5.41) is 7.12. The lowest BCUT2D eigenvalue weighted by Crippen LogP contribution is -2.46. The van der Waals surface area contributed by atoms with Crippen LogP contribution < -0.4 is 10.6 Å². The Morgan fingerprint density at radius 3 is 2.62 bits per heavy atom. The highest BCUT2D eigenvalue weighted by atomic mass is 16.2. The first kappa shape index (κ1) is 23.1. The van der Waals surface area contributed by atoms with Gasteiger partial charge in [0.05, 0.1) is 0 Å². The maximum Gasteiger partial charge on any atom is 0.225 e. The van der Waals surface area contributed by atoms with E-state index in [-0.39, 0.29) is 5.92 Å². The van der Waals surface area contributed by atoms with E-state index < -0.39 is 0 Å². The van der Waals surface area contributed by atoms with Crippen LogP contribution in [0.15, 0.2) is 35.3 Å². The number of hydrogen-bond donors (Lipinski definition) is 2. The number of rotatable bonds is 7. The topological polar surface area (TPSA) is 60.0 Å². The van der Waals surface area contributed by atoms with E-state index in [0.717, 1.165) is 64.4 Å². The molecule has 0 spiro atoms. The summed E-state index contributed by atoms with van der Waals surface area (Å²) < 4.78 is 0. The van der Waals surface area contributed by atoms with Gasteiger partial charge in [-0.15, -0.1) is 0 Å². The number of carbonyl (C=O) groups is 1. The van der Waals surface area contributed by atoms with E-state index in [4.69, 9.17) is 0 Å². The molecular weight excluding hydrogens is 398 g/mol. The Morgan fingerprint density at radius 2 is 1.84 bits per heavy atom. The van der Waals surface area contributed by atoms with Crippen molar-refractivity contribution in [3.8, 4) is 0 Å². The molecule has 2 aliphatic heterocycles. The summed E-state index contributed by atoms with van der Waals surface area (Å²) in [7, 11) is 1.84. The van der Waals surface area contributed by atoms with Crippen LogP contribution in [0, 0.1) is 11.8 Å². The molecule has 0 aromatic heterocycles. The minimum atomic E-state index is 0.271. The molecule has 32 heavy (non-hydrogen) atoms. The van der Waals surface area contributed by atoms with Crippen molar-refractivity contribution in [2.75, 3.05) is 46.3 Å².